The molecule has 0 spiro atoms. The van der Waals surface area contributed by atoms with Crippen molar-refractivity contribution in [2.24, 2.45) is 0 Å². The smallest absolute Gasteiger partial charge is 0.348 e. The number of nitrogens with one attached hydrogen (secondary N) is 1. The molecule has 0 aliphatic rings. The second-order valence-electron chi connectivity index (χ2n) is 6.55. The van der Waals surface area contributed by atoms with Crippen molar-refractivity contribution in [1.29, 1.82) is 0 Å². The number of hydrogen-bond donors (Lipinski definition) is 1. The third kappa shape index (κ3) is 4.60. The molecule has 1 aromatic carbocycles. The summed E-state index contributed by atoms with van der Waals surface area (Å²) in [6, 6.07) is 9.67. The van der Waals surface area contributed by atoms with Gasteiger partial charge in [-0.3, -0.25) is 19.1 Å². The van der Waals surface area contributed by atoms with Gasteiger partial charge in [0.25, 0.3) is 11.5 Å². The molecule has 8 nitrogen and oxygen atoms in total. The summed E-state index contributed by atoms with van der Waals surface area (Å²) in [5.41, 5.74) is -0.749. The molecule has 2 aromatic heterocycles. The summed E-state index contributed by atoms with van der Waals surface area (Å²) in [6.07, 6.45) is 3.83. The van der Waals surface area contributed by atoms with Crippen LogP contribution in [-0.2, 0) is 6.54 Å². The van der Waals surface area contributed by atoms with Crippen LogP contribution in [0.3, 0.4) is 0 Å². The lowest BCUT2D eigenvalue weighted by Gasteiger charge is -2.14. The monoisotopic (exact) mass is 413 g/mol. The van der Waals surface area contributed by atoms with E-state index in [9.17, 15) is 14.4 Å². The molecule has 29 heavy (non-hydrogen) atoms. The Kier molecular flexibility index (Phi) is 6.23. The van der Waals surface area contributed by atoms with Crippen molar-refractivity contribution in [3.63, 3.8) is 0 Å². The third-order valence-electron chi connectivity index (χ3n) is 4.40. The maximum Gasteiger partial charge on any atom is 0.352 e. The van der Waals surface area contributed by atoms with Crippen molar-refractivity contribution in [2.45, 2.75) is 32.9 Å². The molecule has 150 valence electrons. The molecule has 0 bridgehead atoms. The van der Waals surface area contributed by atoms with E-state index in [2.05, 4.69) is 15.4 Å². The van der Waals surface area contributed by atoms with Gasteiger partial charge in [-0.25, -0.2) is 4.79 Å². The molecule has 3 aromatic rings. The van der Waals surface area contributed by atoms with Crippen LogP contribution in [0.4, 0.5) is 0 Å². The fourth-order valence-corrected chi connectivity index (χ4v) is 2.74. The Bertz CT molecular complexity index is 1120. The van der Waals surface area contributed by atoms with Crippen LogP contribution in [0.25, 0.3) is 5.69 Å². The minimum atomic E-state index is -0.759. The van der Waals surface area contributed by atoms with Gasteiger partial charge >= 0.3 is 5.69 Å². The van der Waals surface area contributed by atoms with Gasteiger partial charge < -0.3 is 5.32 Å². The Morgan fingerprint density at radius 3 is 2.55 bits per heavy atom. The molecule has 9 heteroatoms. The first kappa shape index (κ1) is 20.5. The number of amides is 1. The topological polar surface area (TPSA) is 98.9 Å². The number of rotatable bonds is 6. The van der Waals surface area contributed by atoms with Crippen molar-refractivity contribution >= 4 is 17.5 Å². The second-order valence-corrected chi connectivity index (χ2v) is 6.99. The fourth-order valence-electron chi connectivity index (χ4n) is 2.62. The zero-order valence-corrected chi connectivity index (χ0v) is 16.8. The standard InChI is InChI=1S/C20H20ClN5O3/c1-3-13(2)23-18(27)17-19(28)25(12-14-5-4-10-22-11-14)20(29)26(24-17)16-8-6-15(21)7-9-16/h4-11,13H,3,12H2,1-2H3,(H,23,27)/t13-/m1/s1. The summed E-state index contributed by atoms with van der Waals surface area (Å²) >= 11 is 5.92. The van der Waals surface area contributed by atoms with Crippen LogP contribution in [-0.4, -0.2) is 31.3 Å². The number of halogens is 1. The lowest BCUT2D eigenvalue weighted by Crippen LogP contribution is -2.47. The van der Waals surface area contributed by atoms with Crippen LogP contribution >= 0.6 is 11.6 Å². The average Bonchev–Trinajstić information content (AvgIpc) is 2.72. The van der Waals surface area contributed by atoms with E-state index in [4.69, 9.17) is 11.6 Å². The van der Waals surface area contributed by atoms with E-state index in [0.717, 1.165) is 9.25 Å². The molecular formula is C20H20ClN5O3. The molecule has 1 amide bonds. The highest BCUT2D eigenvalue weighted by Crippen LogP contribution is 2.11. The largest absolute Gasteiger partial charge is 0.352 e. The normalized spacial score (nSPS) is 11.8. The Labute approximate surface area is 171 Å². The molecule has 0 unspecified atom stereocenters. The van der Waals surface area contributed by atoms with Crippen molar-refractivity contribution in [3.05, 3.63) is 85.9 Å². The third-order valence-corrected chi connectivity index (χ3v) is 4.65. The van der Waals surface area contributed by atoms with Crippen LogP contribution in [0.1, 0.15) is 36.3 Å². The highest BCUT2D eigenvalue weighted by Gasteiger charge is 2.21. The Morgan fingerprint density at radius 2 is 1.93 bits per heavy atom. The summed E-state index contributed by atoms with van der Waals surface area (Å²) in [4.78, 5) is 42.6. The SMILES string of the molecule is CC[C@@H](C)NC(=O)c1nn(-c2ccc(Cl)cc2)c(=O)n(Cc2cccnc2)c1=O. The van der Waals surface area contributed by atoms with E-state index in [0.29, 0.717) is 22.7 Å². The zero-order valence-electron chi connectivity index (χ0n) is 16.0. The maximum absolute atomic E-state index is 13.0. The van der Waals surface area contributed by atoms with Gasteiger partial charge in [-0.1, -0.05) is 24.6 Å². The number of benzene rings is 1. The molecule has 0 saturated carbocycles. The number of pyridine rings is 1. The van der Waals surface area contributed by atoms with E-state index < -0.39 is 17.2 Å². The van der Waals surface area contributed by atoms with Crippen LogP contribution in [0.2, 0.25) is 5.02 Å². The lowest BCUT2D eigenvalue weighted by molar-refractivity contribution is 0.0929. The number of hydrogen-bond acceptors (Lipinski definition) is 5. The van der Waals surface area contributed by atoms with Gasteiger partial charge in [-0.05, 0) is 49.2 Å². The van der Waals surface area contributed by atoms with Gasteiger partial charge in [0, 0.05) is 23.5 Å². The predicted octanol–water partition coefficient (Wildman–Crippen LogP) is 2.02. The fraction of sp³-hybridized carbons (Fsp3) is 0.250. The summed E-state index contributed by atoms with van der Waals surface area (Å²) in [7, 11) is 0. The van der Waals surface area contributed by atoms with E-state index in [1.807, 2.05) is 13.8 Å². The van der Waals surface area contributed by atoms with Gasteiger partial charge in [-0.15, -0.1) is 0 Å². The van der Waals surface area contributed by atoms with Gasteiger partial charge in [0.05, 0.1) is 12.2 Å². The molecular weight excluding hydrogens is 394 g/mol. The van der Waals surface area contributed by atoms with Crippen LogP contribution in [0, 0.1) is 0 Å². The van der Waals surface area contributed by atoms with Crippen LogP contribution < -0.4 is 16.6 Å². The first-order valence-electron chi connectivity index (χ1n) is 9.10. The molecule has 0 fully saturated rings. The van der Waals surface area contributed by atoms with Gasteiger partial charge in [0.1, 0.15) is 0 Å². The predicted molar refractivity (Wildman–Crippen MR) is 110 cm³/mol. The zero-order chi connectivity index (χ0) is 21.0. The maximum atomic E-state index is 13.0. The lowest BCUT2D eigenvalue weighted by atomic mass is 10.2. The second kappa shape index (κ2) is 8.83. The molecule has 0 radical (unpaired) electrons. The number of carbonyl (C=O) groups is 1. The van der Waals surface area contributed by atoms with E-state index >= 15 is 0 Å². The average molecular weight is 414 g/mol. The van der Waals surface area contributed by atoms with E-state index in [1.165, 1.54) is 0 Å². The number of nitrogens with zero attached hydrogens (tertiary/aromatic N) is 4. The Balaban J connectivity index is 2.18. The van der Waals surface area contributed by atoms with Gasteiger partial charge in [-0.2, -0.15) is 9.78 Å². The molecule has 1 atom stereocenters. The molecule has 2 heterocycles. The quantitative estimate of drug-likeness (QED) is 0.666. The van der Waals surface area contributed by atoms with Crippen molar-refractivity contribution in [3.8, 4) is 5.69 Å². The number of carbonyl (C=O) groups excluding carboxylic acids is 1. The van der Waals surface area contributed by atoms with Crippen molar-refractivity contribution in [1.82, 2.24) is 24.6 Å². The van der Waals surface area contributed by atoms with Crippen LogP contribution in [0.15, 0.2) is 58.4 Å². The summed E-state index contributed by atoms with van der Waals surface area (Å²) in [5, 5.41) is 7.27. The molecule has 0 saturated heterocycles. The van der Waals surface area contributed by atoms with Gasteiger partial charge in [0.2, 0.25) is 5.69 Å². The minimum absolute atomic E-state index is 0.0365. The summed E-state index contributed by atoms with van der Waals surface area (Å²) in [6.45, 7) is 3.69. The van der Waals surface area contributed by atoms with Crippen molar-refractivity contribution < 1.29 is 4.79 Å². The Morgan fingerprint density at radius 1 is 1.21 bits per heavy atom. The summed E-state index contributed by atoms with van der Waals surface area (Å²) in [5.74, 6) is -0.632. The molecule has 3 rings (SSSR count). The van der Waals surface area contributed by atoms with Crippen LogP contribution in [0.5, 0.6) is 0 Å². The Hall–Kier alpha value is -3.26. The first-order valence-corrected chi connectivity index (χ1v) is 9.48. The molecule has 1 N–H and O–H groups in total. The minimum Gasteiger partial charge on any atom is -0.348 e. The van der Waals surface area contributed by atoms with Crippen molar-refractivity contribution in [2.75, 3.05) is 0 Å². The highest BCUT2D eigenvalue weighted by atomic mass is 35.5. The number of aromatic nitrogens is 4. The first-order chi connectivity index (χ1) is 13.9. The molecule has 0 aliphatic heterocycles. The highest BCUT2D eigenvalue weighted by molar-refractivity contribution is 6.30. The molecule has 0 aliphatic carbocycles. The van der Waals surface area contributed by atoms with Gasteiger partial charge in [0.15, 0.2) is 0 Å². The van der Waals surface area contributed by atoms with E-state index in [1.54, 1.807) is 48.8 Å². The van der Waals surface area contributed by atoms with E-state index in [-0.39, 0.29) is 18.3 Å². The summed E-state index contributed by atoms with van der Waals surface area (Å²) < 4.78 is 2.00.